The van der Waals surface area contributed by atoms with Crippen molar-refractivity contribution in [3.05, 3.63) is 0 Å². The number of hydrogen-bond acceptors (Lipinski definition) is 3. The summed E-state index contributed by atoms with van der Waals surface area (Å²) < 4.78 is 28.3. The Kier molecular flexibility index (Phi) is 5.66. The first-order valence-electron chi connectivity index (χ1n) is 6.04. The van der Waals surface area contributed by atoms with Gasteiger partial charge in [-0.05, 0) is 45.2 Å². The van der Waals surface area contributed by atoms with Gasteiger partial charge < -0.3 is 5.32 Å². The standard InChI is InChI=1S/C10H21N3O2S.ClH/c1-11-5-2-6-12-16(14,15)13-8-9-3-4-10(13)7-9;/h9-12H,2-8H2,1H3;1H. The normalized spacial score (nSPS) is 28.3. The Morgan fingerprint density at radius 2 is 2.06 bits per heavy atom. The number of halogens is 1. The Balaban J connectivity index is 0.00000144. The lowest BCUT2D eigenvalue weighted by molar-refractivity contribution is 0.328. The van der Waals surface area contributed by atoms with Crippen LogP contribution >= 0.6 is 12.4 Å². The lowest BCUT2D eigenvalue weighted by atomic mass is 10.1. The number of fused-ring (bicyclic) bond motifs is 2. The van der Waals surface area contributed by atoms with E-state index in [1.165, 1.54) is 6.42 Å². The third-order valence-electron chi connectivity index (χ3n) is 3.56. The molecule has 17 heavy (non-hydrogen) atoms. The molecular weight excluding hydrogens is 262 g/mol. The Bertz CT molecular complexity index is 336. The van der Waals surface area contributed by atoms with Crippen molar-refractivity contribution in [2.75, 3.05) is 26.7 Å². The molecule has 0 spiro atoms. The molecule has 2 fully saturated rings. The van der Waals surface area contributed by atoms with Gasteiger partial charge in [-0.25, -0.2) is 4.72 Å². The number of hydrogen-bond donors (Lipinski definition) is 2. The highest BCUT2D eigenvalue weighted by atomic mass is 35.5. The summed E-state index contributed by atoms with van der Waals surface area (Å²) in [6, 6.07) is 0.270. The van der Waals surface area contributed by atoms with Crippen LogP contribution in [-0.2, 0) is 10.2 Å². The summed E-state index contributed by atoms with van der Waals surface area (Å²) in [7, 11) is -1.35. The number of piperidine rings is 1. The molecule has 1 heterocycles. The number of nitrogens with zero attached hydrogens (tertiary/aromatic N) is 1. The van der Waals surface area contributed by atoms with Crippen LogP contribution < -0.4 is 10.0 Å². The summed E-state index contributed by atoms with van der Waals surface area (Å²) in [6.45, 7) is 2.09. The zero-order chi connectivity index (χ0) is 11.6. The van der Waals surface area contributed by atoms with Crippen molar-refractivity contribution < 1.29 is 8.42 Å². The highest BCUT2D eigenvalue weighted by molar-refractivity contribution is 7.87. The molecule has 2 bridgehead atoms. The van der Waals surface area contributed by atoms with Gasteiger partial charge in [-0.2, -0.15) is 12.7 Å². The fourth-order valence-electron chi connectivity index (χ4n) is 2.72. The maximum atomic E-state index is 12.0. The van der Waals surface area contributed by atoms with Gasteiger partial charge in [0.1, 0.15) is 0 Å². The first-order chi connectivity index (χ1) is 7.63. The van der Waals surface area contributed by atoms with Gasteiger partial charge in [0.25, 0.3) is 10.2 Å². The topological polar surface area (TPSA) is 61.4 Å². The highest BCUT2D eigenvalue weighted by Gasteiger charge is 2.43. The molecule has 2 atom stereocenters. The maximum Gasteiger partial charge on any atom is 0.279 e. The van der Waals surface area contributed by atoms with Crippen LogP contribution in [0.5, 0.6) is 0 Å². The van der Waals surface area contributed by atoms with Crippen LogP contribution in [0.25, 0.3) is 0 Å². The molecule has 1 aliphatic heterocycles. The predicted octanol–water partition coefficient (Wildman–Crippen LogP) is 0.336. The molecule has 2 rings (SSSR count). The number of rotatable bonds is 6. The smallest absolute Gasteiger partial charge is 0.279 e. The van der Waals surface area contributed by atoms with Crippen molar-refractivity contribution in [2.24, 2.45) is 5.92 Å². The van der Waals surface area contributed by atoms with Gasteiger partial charge in [-0.15, -0.1) is 12.4 Å². The monoisotopic (exact) mass is 283 g/mol. The molecule has 0 aromatic heterocycles. The Hall–Kier alpha value is 0.120. The fraction of sp³-hybridized carbons (Fsp3) is 1.00. The second kappa shape index (κ2) is 6.33. The molecule has 1 saturated heterocycles. The summed E-state index contributed by atoms with van der Waals surface area (Å²) in [5.74, 6) is 0.610. The van der Waals surface area contributed by atoms with Crippen molar-refractivity contribution in [3.8, 4) is 0 Å². The van der Waals surface area contributed by atoms with Crippen LogP contribution in [-0.4, -0.2) is 45.4 Å². The summed E-state index contributed by atoms with van der Waals surface area (Å²) in [4.78, 5) is 0. The van der Waals surface area contributed by atoms with Crippen molar-refractivity contribution in [2.45, 2.75) is 31.7 Å². The second-order valence-corrected chi connectivity index (χ2v) is 6.47. The van der Waals surface area contributed by atoms with E-state index in [-0.39, 0.29) is 18.4 Å². The molecule has 0 aromatic rings. The van der Waals surface area contributed by atoms with Crippen LogP contribution in [0.1, 0.15) is 25.7 Å². The third-order valence-corrected chi connectivity index (χ3v) is 5.19. The molecular formula is C10H22ClN3O2S. The highest BCUT2D eigenvalue weighted by Crippen LogP contribution is 2.38. The molecule has 0 radical (unpaired) electrons. The molecule has 5 nitrogen and oxygen atoms in total. The lowest BCUT2D eigenvalue weighted by Gasteiger charge is -2.26. The average molecular weight is 284 g/mol. The van der Waals surface area contributed by atoms with Crippen molar-refractivity contribution >= 4 is 22.6 Å². The quantitative estimate of drug-likeness (QED) is 0.691. The minimum atomic E-state index is -3.22. The molecule has 1 aliphatic carbocycles. The zero-order valence-corrected chi connectivity index (χ0v) is 11.8. The van der Waals surface area contributed by atoms with Crippen molar-refractivity contribution in [1.82, 2.24) is 14.3 Å². The van der Waals surface area contributed by atoms with Gasteiger partial charge in [0.2, 0.25) is 0 Å². The fourth-order valence-corrected chi connectivity index (χ4v) is 4.28. The van der Waals surface area contributed by atoms with Crippen LogP contribution in [0.2, 0.25) is 0 Å². The Labute approximate surface area is 110 Å². The van der Waals surface area contributed by atoms with E-state index in [9.17, 15) is 8.42 Å². The lowest BCUT2D eigenvalue weighted by Crippen LogP contribution is -2.45. The summed E-state index contributed by atoms with van der Waals surface area (Å²) in [5, 5.41) is 3.00. The zero-order valence-electron chi connectivity index (χ0n) is 10.2. The first-order valence-corrected chi connectivity index (χ1v) is 7.48. The minimum absolute atomic E-state index is 0. The summed E-state index contributed by atoms with van der Waals surface area (Å²) >= 11 is 0. The summed E-state index contributed by atoms with van der Waals surface area (Å²) in [5.41, 5.74) is 0. The van der Waals surface area contributed by atoms with Crippen molar-refractivity contribution in [3.63, 3.8) is 0 Å². The Morgan fingerprint density at radius 3 is 2.59 bits per heavy atom. The maximum absolute atomic E-state index is 12.0. The van der Waals surface area contributed by atoms with Crippen LogP contribution in [0, 0.1) is 5.92 Å². The van der Waals surface area contributed by atoms with E-state index in [1.54, 1.807) is 4.31 Å². The van der Waals surface area contributed by atoms with E-state index >= 15 is 0 Å². The van der Waals surface area contributed by atoms with Gasteiger partial charge in [0.05, 0.1) is 0 Å². The third kappa shape index (κ3) is 3.54. The molecule has 2 N–H and O–H groups in total. The van der Waals surface area contributed by atoms with E-state index in [1.807, 2.05) is 7.05 Å². The van der Waals surface area contributed by atoms with E-state index in [2.05, 4.69) is 10.0 Å². The molecule has 2 aliphatic rings. The first kappa shape index (κ1) is 15.2. The summed E-state index contributed by atoms with van der Waals surface area (Å²) in [6.07, 6.45) is 4.15. The molecule has 1 saturated carbocycles. The van der Waals surface area contributed by atoms with Crippen LogP contribution in [0.4, 0.5) is 0 Å². The van der Waals surface area contributed by atoms with Gasteiger partial charge in [-0.1, -0.05) is 0 Å². The van der Waals surface area contributed by atoms with Gasteiger partial charge >= 0.3 is 0 Å². The van der Waals surface area contributed by atoms with Crippen LogP contribution in [0.3, 0.4) is 0 Å². The van der Waals surface area contributed by atoms with E-state index in [0.29, 0.717) is 12.5 Å². The number of nitrogens with one attached hydrogen (secondary N) is 2. The van der Waals surface area contributed by atoms with Gasteiger partial charge in [0, 0.05) is 19.1 Å². The van der Waals surface area contributed by atoms with E-state index in [4.69, 9.17) is 0 Å². The Morgan fingerprint density at radius 1 is 1.29 bits per heavy atom. The van der Waals surface area contributed by atoms with Crippen molar-refractivity contribution in [1.29, 1.82) is 0 Å². The van der Waals surface area contributed by atoms with Crippen LogP contribution in [0.15, 0.2) is 0 Å². The van der Waals surface area contributed by atoms with E-state index in [0.717, 1.165) is 32.4 Å². The SMILES string of the molecule is CNCCCNS(=O)(=O)N1CC2CCC1C2.Cl. The van der Waals surface area contributed by atoms with E-state index < -0.39 is 10.2 Å². The largest absolute Gasteiger partial charge is 0.320 e. The minimum Gasteiger partial charge on any atom is -0.320 e. The van der Waals surface area contributed by atoms with Gasteiger partial charge in [-0.3, -0.25) is 0 Å². The predicted molar refractivity (Wildman–Crippen MR) is 70.5 cm³/mol. The second-order valence-electron chi connectivity index (χ2n) is 4.76. The molecule has 7 heteroatoms. The molecule has 102 valence electrons. The molecule has 0 amide bonds. The van der Waals surface area contributed by atoms with Gasteiger partial charge in [0.15, 0.2) is 0 Å². The molecule has 0 aromatic carbocycles. The molecule has 2 unspecified atom stereocenters. The average Bonchev–Trinajstić information content (AvgIpc) is 2.86.